The summed E-state index contributed by atoms with van der Waals surface area (Å²) >= 11 is 0. The predicted octanol–water partition coefficient (Wildman–Crippen LogP) is 7.29. The molecular formula is C26H30F3N3O. The van der Waals surface area contributed by atoms with Crippen LogP contribution in [0.5, 0.6) is 0 Å². The van der Waals surface area contributed by atoms with Crippen LogP contribution in [0.4, 0.5) is 18.9 Å². The Morgan fingerprint density at radius 2 is 1.88 bits per heavy atom. The molecule has 1 aromatic carbocycles. The van der Waals surface area contributed by atoms with Crippen LogP contribution in [0, 0.1) is 6.92 Å². The van der Waals surface area contributed by atoms with E-state index in [1.165, 1.54) is 19.6 Å². The Kier molecular flexibility index (Phi) is 7.95. The van der Waals surface area contributed by atoms with Crippen molar-refractivity contribution in [3.05, 3.63) is 82.6 Å². The minimum Gasteiger partial charge on any atom is -0.480 e. The highest BCUT2D eigenvalue weighted by Gasteiger charge is 2.40. The molecule has 0 bridgehead atoms. The Labute approximate surface area is 193 Å². The smallest absolute Gasteiger partial charge is 0.423 e. The highest BCUT2D eigenvalue weighted by atomic mass is 19.4. The van der Waals surface area contributed by atoms with E-state index in [4.69, 9.17) is 4.74 Å². The van der Waals surface area contributed by atoms with E-state index in [9.17, 15) is 13.2 Å². The first-order valence-corrected chi connectivity index (χ1v) is 11.1. The first kappa shape index (κ1) is 24.6. The molecule has 1 N–H and O–H groups in total. The summed E-state index contributed by atoms with van der Waals surface area (Å²) < 4.78 is 47.9. The van der Waals surface area contributed by atoms with E-state index < -0.39 is 17.6 Å². The minimum atomic E-state index is -4.68. The number of allylic oxidation sites excluding steroid dienone is 2. The predicted molar refractivity (Wildman–Crippen MR) is 126 cm³/mol. The Balaban J connectivity index is 1.99. The number of methoxy groups -OCH3 is 1. The highest BCUT2D eigenvalue weighted by Crippen LogP contribution is 2.36. The molecule has 4 nitrogen and oxygen atoms in total. The minimum absolute atomic E-state index is 0.0966. The Morgan fingerprint density at radius 3 is 2.36 bits per heavy atom. The lowest BCUT2D eigenvalue weighted by Gasteiger charge is -2.24. The molecule has 0 amide bonds. The lowest BCUT2D eigenvalue weighted by Crippen LogP contribution is -2.21. The summed E-state index contributed by atoms with van der Waals surface area (Å²) in [5, 5.41) is 2.90. The first-order valence-electron chi connectivity index (χ1n) is 11.1. The van der Waals surface area contributed by atoms with Crippen LogP contribution >= 0.6 is 0 Å². The van der Waals surface area contributed by atoms with Gasteiger partial charge in [-0.15, -0.1) is 0 Å². The van der Waals surface area contributed by atoms with Crippen LogP contribution in [0.25, 0.3) is 0 Å². The SMILES string of the molecule is CC/C=C(Nc1ccc(C)cc1)/C(=C(\N=C(/C)c1ccc(C2CCC2)nc1)OC)C(F)(F)F. The second-order valence-corrected chi connectivity index (χ2v) is 8.20. The number of halogens is 3. The molecule has 176 valence electrons. The summed E-state index contributed by atoms with van der Waals surface area (Å²) in [4.78, 5) is 8.73. The summed E-state index contributed by atoms with van der Waals surface area (Å²) in [6, 6.07) is 10.9. The molecule has 0 unspecified atom stereocenters. The average molecular weight is 458 g/mol. The van der Waals surface area contributed by atoms with E-state index in [0.717, 1.165) is 24.1 Å². The van der Waals surface area contributed by atoms with Gasteiger partial charge in [-0.1, -0.05) is 37.1 Å². The van der Waals surface area contributed by atoms with E-state index in [1.807, 2.05) is 31.2 Å². The number of anilines is 1. The quantitative estimate of drug-likeness (QED) is 0.257. The fraction of sp³-hybridized carbons (Fsp3) is 0.385. The molecule has 2 aromatic rings. The number of hydrogen-bond acceptors (Lipinski definition) is 4. The van der Waals surface area contributed by atoms with Crippen LogP contribution < -0.4 is 5.32 Å². The van der Waals surface area contributed by atoms with Gasteiger partial charge in [0.25, 0.3) is 0 Å². The van der Waals surface area contributed by atoms with Crippen molar-refractivity contribution in [1.29, 1.82) is 0 Å². The fourth-order valence-corrected chi connectivity index (χ4v) is 3.59. The Morgan fingerprint density at radius 1 is 1.18 bits per heavy atom. The number of rotatable bonds is 8. The molecular weight excluding hydrogens is 427 g/mol. The summed E-state index contributed by atoms with van der Waals surface area (Å²) in [6.45, 7) is 5.35. The van der Waals surface area contributed by atoms with Gasteiger partial charge in [0.15, 0.2) is 0 Å². The van der Waals surface area contributed by atoms with Gasteiger partial charge in [-0.05, 0) is 57.4 Å². The molecule has 33 heavy (non-hydrogen) atoms. The van der Waals surface area contributed by atoms with Crippen molar-refractivity contribution in [3.8, 4) is 0 Å². The largest absolute Gasteiger partial charge is 0.480 e. The second kappa shape index (κ2) is 10.7. The third kappa shape index (κ3) is 6.24. The monoisotopic (exact) mass is 457 g/mol. The number of benzene rings is 1. The van der Waals surface area contributed by atoms with Gasteiger partial charge < -0.3 is 10.1 Å². The van der Waals surface area contributed by atoms with Gasteiger partial charge in [-0.25, -0.2) is 4.99 Å². The third-order valence-electron chi connectivity index (χ3n) is 5.70. The molecule has 1 fully saturated rings. The summed E-state index contributed by atoms with van der Waals surface area (Å²) in [6.07, 6.45) is 2.35. The normalized spacial score (nSPS) is 16.2. The van der Waals surface area contributed by atoms with Crippen LogP contribution in [0.3, 0.4) is 0 Å². The number of ether oxygens (including phenoxy) is 1. The van der Waals surface area contributed by atoms with Gasteiger partial charge in [0, 0.05) is 29.1 Å². The maximum atomic E-state index is 14.2. The number of hydrogen-bond donors (Lipinski definition) is 1. The van der Waals surface area contributed by atoms with Gasteiger partial charge in [0.05, 0.1) is 18.5 Å². The molecule has 1 aliphatic rings. The number of nitrogens with one attached hydrogen (secondary N) is 1. The molecule has 1 heterocycles. The molecule has 1 aromatic heterocycles. The summed E-state index contributed by atoms with van der Waals surface area (Å²) in [5.41, 5.74) is 2.59. The lowest BCUT2D eigenvalue weighted by atomic mass is 9.82. The van der Waals surface area contributed by atoms with Gasteiger partial charge in [-0.3, -0.25) is 4.98 Å². The molecule has 0 atom stereocenters. The van der Waals surface area contributed by atoms with E-state index in [0.29, 0.717) is 29.3 Å². The highest BCUT2D eigenvalue weighted by molar-refractivity contribution is 5.99. The topological polar surface area (TPSA) is 46.5 Å². The van der Waals surface area contributed by atoms with E-state index in [-0.39, 0.29) is 5.70 Å². The van der Waals surface area contributed by atoms with Gasteiger partial charge >= 0.3 is 6.18 Å². The number of alkyl halides is 3. The molecule has 7 heteroatoms. The van der Waals surface area contributed by atoms with Gasteiger partial charge in [-0.2, -0.15) is 13.2 Å². The van der Waals surface area contributed by atoms with Crippen molar-refractivity contribution in [2.75, 3.05) is 12.4 Å². The van der Waals surface area contributed by atoms with Crippen LogP contribution in [0.2, 0.25) is 0 Å². The van der Waals surface area contributed by atoms with Gasteiger partial charge in [0.1, 0.15) is 5.57 Å². The van der Waals surface area contributed by atoms with Crippen LogP contribution in [0.15, 0.2) is 70.8 Å². The van der Waals surface area contributed by atoms with Crippen molar-refractivity contribution in [1.82, 2.24) is 4.98 Å². The van der Waals surface area contributed by atoms with Crippen LogP contribution in [0.1, 0.15) is 62.3 Å². The van der Waals surface area contributed by atoms with E-state index >= 15 is 0 Å². The Bertz CT molecular complexity index is 1030. The zero-order chi connectivity index (χ0) is 24.0. The molecule has 1 aliphatic carbocycles. The summed E-state index contributed by atoms with van der Waals surface area (Å²) in [7, 11) is 1.20. The standard InChI is InChI=1S/C26H30F3N3O/c1-5-7-23(32-21-13-10-17(2)11-14-21)24(26(27,28)29)25(33-4)31-18(3)20-12-15-22(30-16-20)19-8-6-9-19/h7,10-16,19,32H,5-6,8-9H2,1-4H3/b23-7-,25-24-,31-18+. The van der Waals surface area contributed by atoms with Crippen molar-refractivity contribution in [3.63, 3.8) is 0 Å². The number of pyridine rings is 1. The van der Waals surface area contributed by atoms with Gasteiger partial charge in [0.2, 0.25) is 5.88 Å². The molecule has 1 saturated carbocycles. The summed E-state index contributed by atoms with van der Waals surface area (Å²) in [5.74, 6) is -0.0143. The second-order valence-electron chi connectivity index (χ2n) is 8.20. The van der Waals surface area contributed by atoms with Crippen molar-refractivity contribution >= 4 is 11.4 Å². The van der Waals surface area contributed by atoms with Crippen LogP contribution in [-0.2, 0) is 4.74 Å². The van der Waals surface area contributed by atoms with E-state index in [1.54, 1.807) is 32.2 Å². The maximum Gasteiger partial charge on any atom is 0.423 e. The number of nitrogens with zero attached hydrogens (tertiary/aromatic N) is 2. The fourth-order valence-electron chi connectivity index (χ4n) is 3.59. The maximum absolute atomic E-state index is 14.2. The third-order valence-corrected chi connectivity index (χ3v) is 5.70. The van der Waals surface area contributed by atoms with Crippen molar-refractivity contribution < 1.29 is 17.9 Å². The lowest BCUT2D eigenvalue weighted by molar-refractivity contribution is -0.0924. The van der Waals surface area contributed by atoms with E-state index in [2.05, 4.69) is 15.3 Å². The number of aromatic nitrogens is 1. The molecule has 0 radical (unpaired) electrons. The molecule has 0 aliphatic heterocycles. The number of aryl methyl sites for hydroxylation is 1. The first-order chi connectivity index (χ1) is 15.7. The van der Waals surface area contributed by atoms with Crippen molar-refractivity contribution in [2.24, 2.45) is 4.99 Å². The molecule has 0 spiro atoms. The Hall–Kier alpha value is -3.09. The van der Waals surface area contributed by atoms with Crippen molar-refractivity contribution in [2.45, 2.75) is 58.5 Å². The molecule has 0 saturated heterocycles. The molecule has 3 rings (SSSR count). The number of aliphatic imine (C=N–C) groups is 1. The average Bonchev–Trinajstić information content (AvgIpc) is 2.73. The zero-order valence-corrected chi connectivity index (χ0v) is 19.5. The zero-order valence-electron chi connectivity index (χ0n) is 19.5. The van der Waals surface area contributed by atoms with Crippen LogP contribution in [-0.4, -0.2) is 24.0 Å².